The predicted octanol–water partition coefficient (Wildman–Crippen LogP) is 2.31. The van der Waals surface area contributed by atoms with Crippen molar-refractivity contribution in [2.45, 2.75) is 18.6 Å². The Morgan fingerprint density at radius 3 is 2.37 bits per heavy atom. The van der Waals surface area contributed by atoms with Crippen LogP contribution in [0.2, 0.25) is 10.0 Å². The van der Waals surface area contributed by atoms with Crippen LogP contribution in [-0.2, 0) is 20.6 Å². The van der Waals surface area contributed by atoms with Gasteiger partial charge in [0, 0.05) is 54.9 Å². The van der Waals surface area contributed by atoms with Crippen LogP contribution < -0.4 is 0 Å². The van der Waals surface area contributed by atoms with Gasteiger partial charge in [-0.1, -0.05) is 29.3 Å². The fraction of sp³-hybridized carbons (Fsp3) is 0.611. The summed E-state index contributed by atoms with van der Waals surface area (Å²) < 4.78 is 27.3. The fourth-order valence-electron chi connectivity index (χ4n) is 3.63. The standard InChI is InChI=1S/C18H25Cl2N3O3S/c1-21-8-10-22(11-9-21)18(24)14-4-3-7-23(12-14)27(25,26)13-15-16(19)5-2-6-17(15)20/h2,5-6,14H,3-4,7-13H2,1H3. The van der Waals surface area contributed by atoms with Gasteiger partial charge in [0.05, 0.1) is 11.7 Å². The van der Waals surface area contributed by atoms with E-state index in [0.717, 1.165) is 19.5 Å². The highest BCUT2D eigenvalue weighted by molar-refractivity contribution is 7.88. The van der Waals surface area contributed by atoms with Gasteiger partial charge in [-0.05, 0) is 32.0 Å². The Hall–Kier alpha value is -0.860. The van der Waals surface area contributed by atoms with Gasteiger partial charge < -0.3 is 9.80 Å². The molecule has 2 heterocycles. The molecule has 0 N–H and O–H groups in total. The number of nitrogens with zero attached hydrogens (tertiary/aromatic N) is 3. The molecule has 150 valence electrons. The number of sulfonamides is 1. The minimum atomic E-state index is -3.60. The third kappa shape index (κ3) is 4.95. The van der Waals surface area contributed by atoms with Gasteiger partial charge in [-0.2, -0.15) is 0 Å². The Bertz CT molecular complexity index is 775. The summed E-state index contributed by atoms with van der Waals surface area (Å²) in [5.74, 6) is -0.460. The molecule has 1 amide bonds. The van der Waals surface area contributed by atoms with Gasteiger partial charge in [0.2, 0.25) is 15.9 Å². The Kier molecular flexibility index (Phi) is 6.69. The SMILES string of the molecule is CN1CCN(C(=O)C2CCCN(S(=O)(=O)Cc3c(Cl)cccc3Cl)C2)CC1. The molecule has 9 heteroatoms. The zero-order chi connectivity index (χ0) is 19.6. The van der Waals surface area contributed by atoms with E-state index in [4.69, 9.17) is 23.2 Å². The van der Waals surface area contributed by atoms with Gasteiger partial charge in [0.1, 0.15) is 0 Å². The van der Waals surface area contributed by atoms with Crippen molar-refractivity contribution in [2.24, 2.45) is 5.92 Å². The maximum atomic E-state index is 12.9. The molecule has 0 aromatic heterocycles. The van der Waals surface area contributed by atoms with E-state index < -0.39 is 10.0 Å². The van der Waals surface area contributed by atoms with Crippen LogP contribution in [0.4, 0.5) is 0 Å². The molecule has 6 nitrogen and oxygen atoms in total. The smallest absolute Gasteiger partial charge is 0.227 e. The van der Waals surface area contributed by atoms with Crippen molar-refractivity contribution in [2.75, 3.05) is 46.3 Å². The zero-order valence-electron chi connectivity index (χ0n) is 15.4. The number of carbonyl (C=O) groups is 1. The predicted molar refractivity (Wildman–Crippen MR) is 107 cm³/mol. The van der Waals surface area contributed by atoms with Crippen LogP contribution in [-0.4, -0.2) is 74.7 Å². The molecule has 0 radical (unpaired) electrons. The number of rotatable bonds is 4. The lowest BCUT2D eigenvalue weighted by Crippen LogP contribution is -2.52. The molecule has 2 fully saturated rings. The molecule has 1 aromatic carbocycles. The van der Waals surface area contributed by atoms with Gasteiger partial charge in [0.25, 0.3) is 0 Å². The Labute approximate surface area is 171 Å². The largest absolute Gasteiger partial charge is 0.340 e. The number of likely N-dealkylation sites (N-methyl/N-ethyl adjacent to an activating group) is 1. The fourth-order valence-corrected chi connectivity index (χ4v) is 5.99. The average Bonchev–Trinajstić information content (AvgIpc) is 2.65. The van der Waals surface area contributed by atoms with Crippen molar-refractivity contribution in [3.05, 3.63) is 33.8 Å². The summed E-state index contributed by atoms with van der Waals surface area (Å²) >= 11 is 12.3. The Morgan fingerprint density at radius 1 is 1.11 bits per heavy atom. The normalized spacial score (nSPS) is 22.8. The van der Waals surface area contributed by atoms with E-state index in [0.29, 0.717) is 41.7 Å². The second kappa shape index (κ2) is 8.66. The molecule has 0 aliphatic carbocycles. The van der Waals surface area contributed by atoms with Crippen molar-refractivity contribution >= 4 is 39.1 Å². The van der Waals surface area contributed by atoms with Gasteiger partial charge in [-0.15, -0.1) is 0 Å². The van der Waals surface area contributed by atoms with Crippen LogP contribution in [0.25, 0.3) is 0 Å². The monoisotopic (exact) mass is 433 g/mol. The summed E-state index contributed by atoms with van der Waals surface area (Å²) in [6.07, 6.45) is 1.41. The number of piperazine rings is 1. The molecule has 0 bridgehead atoms. The van der Waals surface area contributed by atoms with Gasteiger partial charge in [-0.25, -0.2) is 12.7 Å². The summed E-state index contributed by atoms with van der Waals surface area (Å²) in [6, 6.07) is 4.95. The van der Waals surface area contributed by atoms with Crippen molar-refractivity contribution in [3.8, 4) is 0 Å². The average molecular weight is 434 g/mol. The molecule has 3 rings (SSSR count). The molecule has 1 atom stereocenters. The molecule has 1 aromatic rings. The van der Waals surface area contributed by atoms with E-state index in [-0.39, 0.29) is 24.1 Å². The van der Waals surface area contributed by atoms with E-state index in [1.54, 1.807) is 18.2 Å². The summed E-state index contributed by atoms with van der Waals surface area (Å²) in [5.41, 5.74) is 0.411. The third-order valence-corrected chi connectivity index (χ3v) is 7.81. The highest BCUT2D eigenvalue weighted by Gasteiger charge is 2.35. The van der Waals surface area contributed by atoms with Crippen LogP contribution in [0, 0.1) is 5.92 Å². The molecule has 0 saturated carbocycles. The number of carbonyl (C=O) groups excluding carboxylic acids is 1. The van der Waals surface area contributed by atoms with Crippen LogP contribution >= 0.6 is 23.2 Å². The molecule has 2 saturated heterocycles. The van der Waals surface area contributed by atoms with Gasteiger partial charge in [-0.3, -0.25) is 4.79 Å². The minimum absolute atomic E-state index is 0.0683. The number of hydrogen-bond donors (Lipinski definition) is 0. The van der Waals surface area contributed by atoms with Crippen LogP contribution in [0.1, 0.15) is 18.4 Å². The summed E-state index contributed by atoms with van der Waals surface area (Å²) in [7, 11) is -1.56. The van der Waals surface area contributed by atoms with Crippen LogP contribution in [0.15, 0.2) is 18.2 Å². The van der Waals surface area contributed by atoms with Crippen molar-refractivity contribution in [1.29, 1.82) is 0 Å². The van der Waals surface area contributed by atoms with E-state index in [9.17, 15) is 13.2 Å². The Morgan fingerprint density at radius 2 is 1.74 bits per heavy atom. The number of hydrogen-bond acceptors (Lipinski definition) is 4. The van der Waals surface area contributed by atoms with E-state index in [1.165, 1.54) is 4.31 Å². The van der Waals surface area contributed by atoms with Crippen LogP contribution in [0.3, 0.4) is 0 Å². The Balaban J connectivity index is 1.68. The quantitative estimate of drug-likeness (QED) is 0.730. The molecule has 0 spiro atoms. The second-order valence-corrected chi connectivity index (χ2v) is 10.1. The topological polar surface area (TPSA) is 60.9 Å². The first-order chi connectivity index (χ1) is 12.8. The minimum Gasteiger partial charge on any atom is -0.340 e. The number of benzene rings is 1. The molecule has 2 aliphatic heterocycles. The van der Waals surface area contributed by atoms with Crippen LogP contribution in [0.5, 0.6) is 0 Å². The molecule has 2 aliphatic rings. The third-order valence-electron chi connectivity index (χ3n) is 5.33. The first kappa shape index (κ1) is 20.9. The lowest BCUT2D eigenvalue weighted by Gasteiger charge is -2.37. The highest BCUT2D eigenvalue weighted by atomic mass is 35.5. The first-order valence-electron chi connectivity index (χ1n) is 9.16. The maximum absolute atomic E-state index is 12.9. The van der Waals surface area contributed by atoms with Gasteiger partial charge >= 0.3 is 0 Å². The zero-order valence-corrected chi connectivity index (χ0v) is 17.7. The lowest BCUT2D eigenvalue weighted by molar-refractivity contribution is -0.138. The maximum Gasteiger partial charge on any atom is 0.227 e. The summed E-state index contributed by atoms with van der Waals surface area (Å²) in [4.78, 5) is 16.9. The molecular formula is C18H25Cl2N3O3S. The second-order valence-electron chi connectivity index (χ2n) is 7.28. The molecule has 27 heavy (non-hydrogen) atoms. The first-order valence-corrected chi connectivity index (χ1v) is 11.5. The summed E-state index contributed by atoms with van der Waals surface area (Å²) in [6.45, 7) is 3.77. The lowest BCUT2D eigenvalue weighted by atomic mass is 9.98. The summed E-state index contributed by atoms with van der Waals surface area (Å²) in [5, 5.41) is 0.682. The van der Waals surface area contributed by atoms with Crippen molar-refractivity contribution < 1.29 is 13.2 Å². The van der Waals surface area contributed by atoms with Crippen molar-refractivity contribution in [1.82, 2.24) is 14.1 Å². The van der Waals surface area contributed by atoms with Gasteiger partial charge in [0.15, 0.2) is 0 Å². The molecule has 1 unspecified atom stereocenters. The highest BCUT2D eigenvalue weighted by Crippen LogP contribution is 2.29. The number of amides is 1. The number of piperidine rings is 1. The van der Waals surface area contributed by atoms with Crippen molar-refractivity contribution in [3.63, 3.8) is 0 Å². The molecular weight excluding hydrogens is 409 g/mol. The van der Waals surface area contributed by atoms with E-state index >= 15 is 0 Å². The van der Waals surface area contributed by atoms with E-state index in [2.05, 4.69) is 4.90 Å². The number of halogens is 2. The van der Waals surface area contributed by atoms with E-state index in [1.807, 2.05) is 11.9 Å².